The number of carbonyl (C=O) groups is 1. The highest BCUT2D eigenvalue weighted by Gasteiger charge is 2.10. The van der Waals surface area contributed by atoms with E-state index in [9.17, 15) is 4.79 Å². The van der Waals surface area contributed by atoms with Gasteiger partial charge in [-0.25, -0.2) is 0 Å². The maximum atomic E-state index is 11.6. The van der Waals surface area contributed by atoms with Gasteiger partial charge in [0, 0.05) is 30.4 Å². The summed E-state index contributed by atoms with van der Waals surface area (Å²) in [6.45, 7) is 6.11. The maximum absolute atomic E-state index is 11.6. The zero-order valence-corrected chi connectivity index (χ0v) is 12.0. The van der Waals surface area contributed by atoms with Crippen molar-refractivity contribution in [1.82, 2.24) is 0 Å². The number of hydrogen-bond acceptors (Lipinski definition) is 2. The van der Waals surface area contributed by atoms with E-state index in [1.54, 1.807) is 0 Å². The van der Waals surface area contributed by atoms with Crippen molar-refractivity contribution >= 4 is 17.3 Å². The van der Waals surface area contributed by atoms with E-state index in [0.717, 1.165) is 18.8 Å². The highest BCUT2D eigenvalue weighted by atomic mass is 16.1. The van der Waals surface area contributed by atoms with Crippen molar-refractivity contribution in [2.45, 2.75) is 39.5 Å². The first-order valence-electron chi connectivity index (χ1n) is 7.32. The lowest BCUT2D eigenvalue weighted by molar-refractivity contribution is -0.118. The third-order valence-corrected chi connectivity index (χ3v) is 3.63. The van der Waals surface area contributed by atoms with E-state index in [1.165, 1.54) is 31.4 Å². The topological polar surface area (TPSA) is 32.3 Å². The third kappa shape index (κ3) is 3.98. The fourth-order valence-electron chi connectivity index (χ4n) is 2.37. The third-order valence-electron chi connectivity index (χ3n) is 3.63. The molecule has 0 spiro atoms. The number of hydrogen-bond donors (Lipinski definition) is 1. The van der Waals surface area contributed by atoms with Crippen molar-refractivity contribution in [1.29, 1.82) is 0 Å². The minimum atomic E-state index is 0.0188. The van der Waals surface area contributed by atoms with Crippen LogP contribution >= 0.6 is 0 Å². The molecule has 1 aliphatic rings. The van der Waals surface area contributed by atoms with Crippen LogP contribution in [0.5, 0.6) is 0 Å². The molecule has 0 saturated carbocycles. The summed E-state index contributed by atoms with van der Waals surface area (Å²) in [6.07, 6.45) is 5.26. The zero-order chi connectivity index (χ0) is 13.7. The maximum Gasteiger partial charge on any atom is 0.226 e. The Balaban J connectivity index is 1.99. The molecule has 0 bridgehead atoms. The number of nitrogens with one attached hydrogen (secondary N) is 1. The fourth-order valence-corrected chi connectivity index (χ4v) is 2.37. The van der Waals surface area contributed by atoms with Crippen LogP contribution in [0.25, 0.3) is 0 Å². The van der Waals surface area contributed by atoms with Crippen LogP contribution in [-0.2, 0) is 4.79 Å². The molecule has 1 aliphatic heterocycles. The lowest BCUT2D eigenvalue weighted by atomic mass is 10.2. The first-order chi connectivity index (χ1) is 9.16. The normalized spacial score (nSPS) is 16.3. The molecule has 2 rings (SSSR count). The summed E-state index contributed by atoms with van der Waals surface area (Å²) in [4.78, 5) is 14.1. The molecule has 1 saturated heterocycles. The van der Waals surface area contributed by atoms with Gasteiger partial charge in [0.25, 0.3) is 0 Å². The van der Waals surface area contributed by atoms with Gasteiger partial charge in [0.1, 0.15) is 0 Å². The summed E-state index contributed by atoms with van der Waals surface area (Å²) >= 11 is 0. The van der Waals surface area contributed by atoms with Gasteiger partial charge in [-0.3, -0.25) is 4.79 Å². The molecule has 0 unspecified atom stereocenters. The van der Waals surface area contributed by atoms with Crippen molar-refractivity contribution in [2.24, 2.45) is 5.92 Å². The smallest absolute Gasteiger partial charge is 0.226 e. The van der Waals surface area contributed by atoms with Crippen LogP contribution in [0, 0.1) is 5.92 Å². The Morgan fingerprint density at radius 1 is 1.05 bits per heavy atom. The second-order valence-corrected chi connectivity index (χ2v) is 5.59. The molecule has 1 aromatic carbocycles. The molecule has 1 N–H and O–H groups in total. The number of benzene rings is 1. The van der Waals surface area contributed by atoms with Crippen LogP contribution in [-0.4, -0.2) is 19.0 Å². The molecule has 1 aromatic rings. The van der Waals surface area contributed by atoms with Crippen molar-refractivity contribution in [3.05, 3.63) is 24.3 Å². The molecule has 104 valence electrons. The molecular weight excluding hydrogens is 236 g/mol. The van der Waals surface area contributed by atoms with E-state index in [1.807, 2.05) is 26.0 Å². The van der Waals surface area contributed by atoms with Gasteiger partial charge < -0.3 is 10.2 Å². The lowest BCUT2D eigenvalue weighted by Gasteiger charge is -2.22. The van der Waals surface area contributed by atoms with Crippen LogP contribution in [0.15, 0.2) is 24.3 Å². The van der Waals surface area contributed by atoms with Gasteiger partial charge >= 0.3 is 0 Å². The summed E-state index contributed by atoms with van der Waals surface area (Å²) in [5.41, 5.74) is 2.15. The number of nitrogens with zero attached hydrogens (tertiary/aromatic N) is 1. The summed E-state index contributed by atoms with van der Waals surface area (Å²) in [6, 6.07) is 8.23. The number of carbonyl (C=O) groups excluding carboxylic acids is 1. The Morgan fingerprint density at radius 3 is 2.16 bits per heavy atom. The zero-order valence-electron chi connectivity index (χ0n) is 12.0. The quantitative estimate of drug-likeness (QED) is 0.899. The highest BCUT2D eigenvalue weighted by Crippen LogP contribution is 2.21. The van der Waals surface area contributed by atoms with E-state index in [0.29, 0.717) is 0 Å². The minimum Gasteiger partial charge on any atom is -0.372 e. The lowest BCUT2D eigenvalue weighted by Crippen LogP contribution is -2.23. The molecule has 19 heavy (non-hydrogen) atoms. The summed E-state index contributed by atoms with van der Waals surface area (Å²) in [7, 11) is 0. The molecule has 0 aliphatic carbocycles. The second-order valence-electron chi connectivity index (χ2n) is 5.59. The second kappa shape index (κ2) is 6.60. The van der Waals surface area contributed by atoms with Gasteiger partial charge in [-0.15, -0.1) is 0 Å². The number of anilines is 2. The van der Waals surface area contributed by atoms with Gasteiger partial charge in [-0.05, 0) is 37.1 Å². The minimum absolute atomic E-state index is 0.0188. The van der Waals surface area contributed by atoms with Crippen LogP contribution in [0.3, 0.4) is 0 Å². The van der Waals surface area contributed by atoms with Gasteiger partial charge in [-0.1, -0.05) is 26.7 Å². The first kappa shape index (κ1) is 13.9. The summed E-state index contributed by atoms with van der Waals surface area (Å²) in [5, 5.41) is 2.93. The van der Waals surface area contributed by atoms with E-state index in [2.05, 4.69) is 22.3 Å². The van der Waals surface area contributed by atoms with Crippen LogP contribution in [0.4, 0.5) is 11.4 Å². The Morgan fingerprint density at radius 2 is 1.63 bits per heavy atom. The molecule has 3 heteroatoms. The van der Waals surface area contributed by atoms with Gasteiger partial charge in [0.15, 0.2) is 0 Å². The molecule has 1 amide bonds. The van der Waals surface area contributed by atoms with Crippen LogP contribution < -0.4 is 10.2 Å². The molecule has 0 atom stereocenters. The largest absolute Gasteiger partial charge is 0.372 e. The fraction of sp³-hybridized carbons (Fsp3) is 0.562. The molecule has 0 radical (unpaired) electrons. The van der Waals surface area contributed by atoms with Gasteiger partial charge in [0.05, 0.1) is 0 Å². The van der Waals surface area contributed by atoms with Crippen molar-refractivity contribution < 1.29 is 4.79 Å². The van der Waals surface area contributed by atoms with Crippen molar-refractivity contribution in [3.8, 4) is 0 Å². The number of rotatable bonds is 3. The van der Waals surface area contributed by atoms with E-state index in [-0.39, 0.29) is 11.8 Å². The Bertz CT molecular complexity index is 403. The molecular formula is C16H24N2O. The number of amides is 1. The van der Waals surface area contributed by atoms with Crippen LogP contribution in [0.1, 0.15) is 39.5 Å². The molecule has 1 fully saturated rings. The Labute approximate surface area is 116 Å². The van der Waals surface area contributed by atoms with Crippen molar-refractivity contribution in [3.63, 3.8) is 0 Å². The van der Waals surface area contributed by atoms with E-state index < -0.39 is 0 Å². The first-order valence-corrected chi connectivity index (χ1v) is 7.32. The average molecular weight is 260 g/mol. The average Bonchev–Trinajstić information content (AvgIpc) is 2.68. The standard InChI is InChI=1S/C16H24N2O/c1-13(2)16(19)17-14-7-9-15(10-8-14)18-11-5-3-4-6-12-18/h7-10,13H,3-6,11-12H2,1-2H3,(H,17,19). The van der Waals surface area contributed by atoms with Crippen LogP contribution in [0.2, 0.25) is 0 Å². The summed E-state index contributed by atoms with van der Waals surface area (Å²) < 4.78 is 0. The predicted molar refractivity (Wildman–Crippen MR) is 80.6 cm³/mol. The molecule has 3 nitrogen and oxygen atoms in total. The van der Waals surface area contributed by atoms with E-state index in [4.69, 9.17) is 0 Å². The van der Waals surface area contributed by atoms with E-state index >= 15 is 0 Å². The van der Waals surface area contributed by atoms with Gasteiger partial charge in [-0.2, -0.15) is 0 Å². The Hall–Kier alpha value is -1.51. The van der Waals surface area contributed by atoms with Crippen molar-refractivity contribution in [2.75, 3.05) is 23.3 Å². The summed E-state index contributed by atoms with van der Waals surface area (Å²) in [5.74, 6) is 0.0906. The molecule has 0 aromatic heterocycles. The predicted octanol–water partition coefficient (Wildman–Crippen LogP) is 3.66. The SMILES string of the molecule is CC(C)C(=O)Nc1ccc(N2CCCCCC2)cc1. The Kier molecular flexibility index (Phi) is 4.83. The molecule has 1 heterocycles. The monoisotopic (exact) mass is 260 g/mol. The van der Waals surface area contributed by atoms with Gasteiger partial charge in [0.2, 0.25) is 5.91 Å². The highest BCUT2D eigenvalue weighted by molar-refractivity contribution is 5.92.